The highest BCUT2D eigenvalue weighted by Crippen LogP contribution is 2.23. The summed E-state index contributed by atoms with van der Waals surface area (Å²) >= 11 is 0. The Morgan fingerprint density at radius 1 is 1.31 bits per heavy atom. The van der Waals surface area contributed by atoms with E-state index >= 15 is 0 Å². The highest BCUT2D eigenvalue weighted by atomic mass is 32.2. The van der Waals surface area contributed by atoms with E-state index in [4.69, 9.17) is 10.2 Å². The van der Waals surface area contributed by atoms with Crippen LogP contribution in [0, 0.1) is 0 Å². The first-order chi connectivity index (χ1) is 7.47. The number of rotatable bonds is 5. The van der Waals surface area contributed by atoms with Crippen molar-refractivity contribution in [3.05, 3.63) is 0 Å². The zero-order chi connectivity index (χ0) is 12.2. The van der Waals surface area contributed by atoms with Gasteiger partial charge in [-0.1, -0.05) is 19.3 Å². The van der Waals surface area contributed by atoms with Gasteiger partial charge in [-0.15, -0.1) is 0 Å². The fraction of sp³-hybridized carbons (Fsp3) is 0.889. The Kier molecular flexibility index (Phi) is 4.69. The van der Waals surface area contributed by atoms with Gasteiger partial charge >= 0.3 is 5.97 Å². The number of carboxylic acids is 1. The number of carboxylic acid groups (broad SMARTS) is 1. The number of hydrogen-bond acceptors (Lipinski definition) is 4. The Bertz CT molecular complexity index is 334. The largest absolute Gasteiger partial charge is 0.480 e. The molecule has 0 saturated heterocycles. The molecular formula is C9H17NO5S. The zero-order valence-electron chi connectivity index (χ0n) is 8.92. The minimum Gasteiger partial charge on any atom is -0.480 e. The summed E-state index contributed by atoms with van der Waals surface area (Å²) in [6, 6.07) is -1.44. The molecule has 0 heterocycles. The summed E-state index contributed by atoms with van der Waals surface area (Å²) in [5.74, 6) is -1.36. The molecule has 0 spiro atoms. The first-order valence-corrected chi connectivity index (χ1v) is 6.87. The average molecular weight is 251 g/mol. The Morgan fingerprint density at radius 2 is 1.88 bits per heavy atom. The predicted molar refractivity (Wildman–Crippen MR) is 57.4 cm³/mol. The quantitative estimate of drug-likeness (QED) is 0.621. The Balaban J connectivity index is 2.65. The maximum absolute atomic E-state index is 11.8. The first-order valence-electron chi connectivity index (χ1n) is 5.32. The number of hydrogen-bond donors (Lipinski definition) is 3. The maximum Gasteiger partial charge on any atom is 0.324 e. The molecule has 7 heteroatoms. The summed E-state index contributed by atoms with van der Waals surface area (Å²) in [6.07, 6.45) is 3.85. The van der Waals surface area contributed by atoms with E-state index in [0.717, 1.165) is 19.3 Å². The Labute approximate surface area is 94.7 Å². The van der Waals surface area contributed by atoms with Crippen LogP contribution >= 0.6 is 0 Å². The lowest BCUT2D eigenvalue weighted by molar-refractivity contribution is -0.139. The summed E-state index contributed by atoms with van der Waals surface area (Å²) < 4.78 is 25.6. The molecule has 1 aliphatic rings. The van der Waals surface area contributed by atoms with Crippen molar-refractivity contribution in [3.8, 4) is 0 Å². The summed E-state index contributed by atoms with van der Waals surface area (Å²) in [6.45, 7) is -0.735. The van der Waals surface area contributed by atoms with Gasteiger partial charge in [-0.25, -0.2) is 8.42 Å². The van der Waals surface area contributed by atoms with Gasteiger partial charge in [0.2, 0.25) is 10.0 Å². The Morgan fingerprint density at radius 3 is 2.31 bits per heavy atom. The zero-order valence-corrected chi connectivity index (χ0v) is 9.74. The van der Waals surface area contributed by atoms with E-state index in [1.165, 1.54) is 0 Å². The number of nitrogens with one attached hydrogen (secondary N) is 1. The molecule has 0 radical (unpaired) electrons. The third kappa shape index (κ3) is 3.43. The molecule has 1 rings (SSSR count). The van der Waals surface area contributed by atoms with Gasteiger partial charge in [0.05, 0.1) is 11.9 Å². The molecular weight excluding hydrogens is 234 g/mol. The summed E-state index contributed by atoms with van der Waals surface area (Å²) in [5.41, 5.74) is 0. The van der Waals surface area contributed by atoms with Crippen LogP contribution in [0.2, 0.25) is 0 Å². The van der Waals surface area contributed by atoms with Crippen molar-refractivity contribution in [1.29, 1.82) is 0 Å². The number of aliphatic hydroxyl groups is 1. The van der Waals surface area contributed by atoms with Crippen molar-refractivity contribution in [2.24, 2.45) is 0 Å². The second-order valence-corrected chi connectivity index (χ2v) is 5.99. The molecule has 0 bridgehead atoms. The van der Waals surface area contributed by atoms with E-state index in [-0.39, 0.29) is 0 Å². The lowest BCUT2D eigenvalue weighted by atomic mass is 10.0. The number of aliphatic carboxylic acids is 1. The van der Waals surface area contributed by atoms with Crippen molar-refractivity contribution >= 4 is 16.0 Å². The molecule has 94 valence electrons. The van der Waals surface area contributed by atoms with Crippen molar-refractivity contribution in [2.75, 3.05) is 6.61 Å². The molecule has 1 aliphatic carbocycles. The van der Waals surface area contributed by atoms with E-state index < -0.39 is 33.9 Å². The van der Waals surface area contributed by atoms with Crippen molar-refractivity contribution in [1.82, 2.24) is 4.72 Å². The molecule has 1 saturated carbocycles. The highest BCUT2D eigenvalue weighted by Gasteiger charge is 2.31. The van der Waals surface area contributed by atoms with Crippen LogP contribution in [0.1, 0.15) is 32.1 Å². The number of sulfonamides is 1. The predicted octanol–water partition coefficient (Wildman–Crippen LogP) is -0.316. The van der Waals surface area contributed by atoms with Crippen LogP contribution in [0.25, 0.3) is 0 Å². The Hall–Kier alpha value is -0.660. The van der Waals surface area contributed by atoms with Crippen LogP contribution in [0.3, 0.4) is 0 Å². The summed E-state index contributed by atoms with van der Waals surface area (Å²) in [5, 5.41) is 16.9. The highest BCUT2D eigenvalue weighted by molar-refractivity contribution is 7.90. The van der Waals surface area contributed by atoms with Crippen LogP contribution in [-0.2, 0) is 14.8 Å². The van der Waals surface area contributed by atoms with Gasteiger partial charge < -0.3 is 10.2 Å². The molecule has 0 unspecified atom stereocenters. The van der Waals surface area contributed by atoms with Crippen molar-refractivity contribution < 1.29 is 23.4 Å². The topological polar surface area (TPSA) is 104 Å². The van der Waals surface area contributed by atoms with E-state index in [1.807, 2.05) is 4.72 Å². The van der Waals surface area contributed by atoms with Gasteiger partial charge in [-0.05, 0) is 12.8 Å². The van der Waals surface area contributed by atoms with Crippen LogP contribution in [0.5, 0.6) is 0 Å². The SMILES string of the molecule is O=C(O)[C@@H](CO)NS(=O)(=O)C1CCCCC1. The van der Waals surface area contributed by atoms with E-state index in [0.29, 0.717) is 12.8 Å². The molecule has 0 aromatic rings. The average Bonchev–Trinajstić information content (AvgIpc) is 2.27. The molecule has 6 nitrogen and oxygen atoms in total. The molecule has 3 N–H and O–H groups in total. The van der Waals surface area contributed by atoms with Crippen LogP contribution in [0.4, 0.5) is 0 Å². The molecule has 16 heavy (non-hydrogen) atoms. The van der Waals surface area contributed by atoms with Gasteiger partial charge in [-0.2, -0.15) is 4.72 Å². The van der Waals surface area contributed by atoms with E-state index in [1.54, 1.807) is 0 Å². The van der Waals surface area contributed by atoms with Gasteiger partial charge in [0.1, 0.15) is 6.04 Å². The van der Waals surface area contributed by atoms with Gasteiger partial charge in [0.15, 0.2) is 0 Å². The number of carbonyl (C=O) groups is 1. The first kappa shape index (κ1) is 13.4. The summed E-state index contributed by atoms with van der Waals surface area (Å²) in [7, 11) is -3.63. The van der Waals surface area contributed by atoms with Crippen LogP contribution in [0.15, 0.2) is 0 Å². The third-order valence-corrected chi connectivity index (χ3v) is 4.74. The molecule has 0 aliphatic heterocycles. The van der Waals surface area contributed by atoms with Gasteiger partial charge in [0.25, 0.3) is 0 Å². The van der Waals surface area contributed by atoms with Crippen LogP contribution in [-0.4, -0.2) is 42.5 Å². The van der Waals surface area contributed by atoms with Crippen molar-refractivity contribution in [3.63, 3.8) is 0 Å². The lowest BCUT2D eigenvalue weighted by Crippen LogP contribution is -2.47. The fourth-order valence-corrected chi connectivity index (χ4v) is 3.55. The van der Waals surface area contributed by atoms with Crippen LogP contribution < -0.4 is 4.72 Å². The fourth-order valence-electron chi connectivity index (χ4n) is 1.84. The minimum atomic E-state index is -3.63. The smallest absolute Gasteiger partial charge is 0.324 e. The second kappa shape index (κ2) is 5.60. The number of aliphatic hydroxyl groups excluding tert-OH is 1. The maximum atomic E-state index is 11.8. The third-order valence-electron chi connectivity index (χ3n) is 2.78. The van der Waals surface area contributed by atoms with E-state index in [9.17, 15) is 13.2 Å². The molecule has 0 aromatic heterocycles. The standard InChI is InChI=1S/C9H17NO5S/c11-6-8(9(12)13)10-16(14,15)7-4-2-1-3-5-7/h7-8,10-11H,1-6H2,(H,12,13)/t8-/m1/s1. The molecule has 1 fully saturated rings. The van der Waals surface area contributed by atoms with Gasteiger partial charge in [-0.3, -0.25) is 4.79 Å². The monoisotopic (exact) mass is 251 g/mol. The van der Waals surface area contributed by atoms with E-state index in [2.05, 4.69) is 0 Å². The lowest BCUT2D eigenvalue weighted by Gasteiger charge is -2.23. The normalized spacial score (nSPS) is 20.6. The second-order valence-electron chi connectivity index (χ2n) is 4.00. The molecule has 0 amide bonds. The molecule has 1 atom stereocenters. The minimum absolute atomic E-state index is 0.519. The van der Waals surface area contributed by atoms with Crippen molar-refractivity contribution in [2.45, 2.75) is 43.4 Å². The van der Waals surface area contributed by atoms with Gasteiger partial charge in [0, 0.05) is 0 Å². The summed E-state index contributed by atoms with van der Waals surface area (Å²) in [4.78, 5) is 10.6. The molecule has 0 aromatic carbocycles.